The zero-order valence-electron chi connectivity index (χ0n) is 20.5. The molecule has 1 amide bonds. The Morgan fingerprint density at radius 2 is 1.73 bits per heavy atom. The van der Waals surface area contributed by atoms with Crippen molar-refractivity contribution in [3.05, 3.63) is 92.7 Å². The number of anilines is 1. The fourth-order valence-electron chi connectivity index (χ4n) is 4.57. The summed E-state index contributed by atoms with van der Waals surface area (Å²) in [5.74, 6) is 0.383. The molecule has 4 rings (SSSR count). The highest BCUT2D eigenvalue weighted by Crippen LogP contribution is 2.35. The standard InChI is InChI=1S/C27H27ClFN3O5/c1-36-25-10-8-22(16-26(25)37-2)31(27(33)18-3-5-20(29)6-4-18)21-11-13-30(14-12-21)17-19-15-23(32(34)35)7-9-24(19)28/h3-10,15-16,21H,11-14,17H2,1-2H3. The van der Waals surface area contributed by atoms with E-state index >= 15 is 0 Å². The van der Waals surface area contributed by atoms with Crippen LogP contribution in [0.15, 0.2) is 60.7 Å². The van der Waals surface area contributed by atoms with E-state index in [0.717, 1.165) is 0 Å². The summed E-state index contributed by atoms with van der Waals surface area (Å²) in [6.07, 6.45) is 1.32. The molecule has 1 heterocycles. The summed E-state index contributed by atoms with van der Waals surface area (Å²) >= 11 is 6.30. The third-order valence-electron chi connectivity index (χ3n) is 6.51. The molecule has 0 N–H and O–H groups in total. The normalized spacial score (nSPS) is 14.3. The number of likely N-dealkylation sites (tertiary alicyclic amines) is 1. The maximum absolute atomic E-state index is 13.7. The molecule has 0 aromatic heterocycles. The van der Waals surface area contributed by atoms with Gasteiger partial charge in [-0.25, -0.2) is 4.39 Å². The summed E-state index contributed by atoms with van der Waals surface area (Å²) in [6, 6.07) is 15.1. The van der Waals surface area contributed by atoms with Crippen molar-refractivity contribution in [2.45, 2.75) is 25.4 Å². The first kappa shape index (κ1) is 26.4. The fourth-order valence-corrected chi connectivity index (χ4v) is 4.75. The molecule has 37 heavy (non-hydrogen) atoms. The maximum Gasteiger partial charge on any atom is 0.269 e. The number of carbonyl (C=O) groups excluding carboxylic acids is 1. The molecule has 1 saturated heterocycles. The number of non-ortho nitro benzene ring substituents is 1. The number of ether oxygens (including phenoxy) is 2. The van der Waals surface area contributed by atoms with Gasteiger partial charge in [0.1, 0.15) is 5.82 Å². The van der Waals surface area contributed by atoms with Crippen LogP contribution < -0.4 is 14.4 Å². The van der Waals surface area contributed by atoms with Gasteiger partial charge in [-0.2, -0.15) is 0 Å². The second-order valence-electron chi connectivity index (χ2n) is 8.76. The van der Waals surface area contributed by atoms with Crippen LogP contribution in [-0.4, -0.2) is 49.1 Å². The molecule has 194 valence electrons. The SMILES string of the molecule is COc1ccc(N(C(=O)c2ccc(F)cc2)C2CCN(Cc3cc([N+](=O)[O-])ccc3Cl)CC2)cc1OC. The quantitative estimate of drug-likeness (QED) is 0.275. The van der Waals surface area contributed by atoms with Gasteiger partial charge in [-0.3, -0.25) is 19.8 Å². The van der Waals surface area contributed by atoms with Gasteiger partial charge in [0.25, 0.3) is 11.6 Å². The average Bonchev–Trinajstić information content (AvgIpc) is 2.91. The van der Waals surface area contributed by atoms with Gasteiger partial charge in [0.15, 0.2) is 11.5 Å². The van der Waals surface area contributed by atoms with Crippen LogP contribution in [0.1, 0.15) is 28.8 Å². The Morgan fingerprint density at radius 1 is 1.05 bits per heavy atom. The summed E-state index contributed by atoms with van der Waals surface area (Å²) in [4.78, 5) is 28.3. The molecule has 0 radical (unpaired) electrons. The highest BCUT2D eigenvalue weighted by molar-refractivity contribution is 6.31. The first-order valence-electron chi connectivity index (χ1n) is 11.8. The number of methoxy groups -OCH3 is 2. The summed E-state index contributed by atoms with van der Waals surface area (Å²) < 4.78 is 24.3. The average molecular weight is 528 g/mol. The molecule has 0 saturated carbocycles. The van der Waals surface area contributed by atoms with E-state index in [4.69, 9.17) is 21.1 Å². The van der Waals surface area contributed by atoms with Crippen molar-refractivity contribution in [2.24, 2.45) is 0 Å². The second-order valence-corrected chi connectivity index (χ2v) is 9.17. The number of carbonyl (C=O) groups is 1. The van der Waals surface area contributed by atoms with Gasteiger partial charge < -0.3 is 14.4 Å². The molecule has 1 aliphatic rings. The molecule has 3 aromatic rings. The lowest BCUT2D eigenvalue weighted by Gasteiger charge is -2.39. The smallest absolute Gasteiger partial charge is 0.269 e. The first-order chi connectivity index (χ1) is 17.8. The van der Waals surface area contributed by atoms with Crippen molar-refractivity contribution in [1.82, 2.24) is 4.90 Å². The zero-order valence-corrected chi connectivity index (χ0v) is 21.3. The van der Waals surface area contributed by atoms with Gasteiger partial charge in [0.2, 0.25) is 0 Å². The lowest BCUT2D eigenvalue weighted by Crippen LogP contribution is -2.47. The van der Waals surface area contributed by atoms with Crippen LogP contribution in [0.25, 0.3) is 0 Å². The van der Waals surface area contributed by atoms with Crippen molar-refractivity contribution >= 4 is 28.9 Å². The van der Waals surface area contributed by atoms with Crippen LogP contribution >= 0.6 is 11.6 Å². The largest absolute Gasteiger partial charge is 0.493 e. The number of nitro groups is 1. The van der Waals surface area contributed by atoms with Crippen molar-refractivity contribution in [1.29, 1.82) is 0 Å². The second kappa shape index (κ2) is 11.6. The Balaban J connectivity index is 1.57. The molecule has 0 bridgehead atoms. The van der Waals surface area contributed by atoms with E-state index in [1.54, 1.807) is 36.3 Å². The van der Waals surface area contributed by atoms with Crippen molar-refractivity contribution in [3.63, 3.8) is 0 Å². The lowest BCUT2D eigenvalue weighted by molar-refractivity contribution is -0.384. The monoisotopic (exact) mass is 527 g/mol. The Labute approximate surface area is 219 Å². The topological polar surface area (TPSA) is 85.2 Å². The van der Waals surface area contributed by atoms with E-state index in [2.05, 4.69) is 4.90 Å². The van der Waals surface area contributed by atoms with Crippen LogP contribution in [0.4, 0.5) is 15.8 Å². The number of piperidine rings is 1. The van der Waals surface area contributed by atoms with Gasteiger partial charge >= 0.3 is 0 Å². The van der Waals surface area contributed by atoms with Crippen LogP contribution in [0.2, 0.25) is 5.02 Å². The van der Waals surface area contributed by atoms with E-state index in [-0.39, 0.29) is 17.6 Å². The number of benzene rings is 3. The van der Waals surface area contributed by atoms with Gasteiger partial charge in [0, 0.05) is 60.1 Å². The molecule has 0 aliphatic carbocycles. The third kappa shape index (κ3) is 6.00. The van der Waals surface area contributed by atoms with E-state index in [1.165, 1.54) is 43.5 Å². The Bertz CT molecular complexity index is 1280. The van der Waals surface area contributed by atoms with Crippen LogP contribution in [0.5, 0.6) is 11.5 Å². The molecule has 10 heteroatoms. The van der Waals surface area contributed by atoms with E-state index < -0.39 is 10.7 Å². The number of rotatable bonds is 8. The lowest BCUT2D eigenvalue weighted by atomic mass is 10.00. The predicted octanol–water partition coefficient (Wildman–Crippen LogP) is 5.72. The molecule has 1 fully saturated rings. The highest BCUT2D eigenvalue weighted by Gasteiger charge is 2.31. The minimum absolute atomic E-state index is 0.00110. The van der Waals surface area contributed by atoms with E-state index in [0.29, 0.717) is 65.8 Å². The molecule has 8 nitrogen and oxygen atoms in total. The van der Waals surface area contributed by atoms with Crippen LogP contribution in [0, 0.1) is 15.9 Å². The van der Waals surface area contributed by atoms with E-state index in [9.17, 15) is 19.3 Å². The van der Waals surface area contributed by atoms with Gasteiger partial charge in [-0.1, -0.05) is 11.6 Å². The van der Waals surface area contributed by atoms with Gasteiger partial charge in [-0.05, 0) is 60.9 Å². The molecule has 3 aromatic carbocycles. The Morgan fingerprint density at radius 3 is 2.35 bits per heavy atom. The molecule has 0 atom stereocenters. The number of hydrogen-bond donors (Lipinski definition) is 0. The van der Waals surface area contributed by atoms with Crippen LogP contribution in [0.3, 0.4) is 0 Å². The number of halogens is 2. The van der Waals surface area contributed by atoms with E-state index in [1.807, 2.05) is 0 Å². The molecule has 0 spiro atoms. The zero-order chi connectivity index (χ0) is 26.5. The molecular weight excluding hydrogens is 501 g/mol. The molecular formula is C27H27ClFN3O5. The minimum Gasteiger partial charge on any atom is -0.493 e. The van der Waals surface area contributed by atoms with Crippen molar-refractivity contribution in [2.75, 3.05) is 32.2 Å². The minimum atomic E-state index is -0.436. The summed E-state index contributed by atoms with van der Waals surface area (Å²) in [5.41, 5.74) is 1.71. The van der Waals surface area contributed by atoms with Crippen molar-refractivity contribution < 1.29 is 23.6 Å². The predicted molar refractivity (Wildman–Crippen MR) is 139 cm³/mol. The fraction of sp³-hybridized carbons (Fsp3) is 0.296. The van der Waals surface area contributed by atoms with Gasteiger partial charge in [0.05, 0.1) is 19.1 Å². The number of hydrogen-bond acceptors (Lipinski definition) is 6. The summed E-state index contributed by atoms with van der Waals surface area (Å²) in [5, 5.41) is 11.6. The third-order valence-corrected chi connectivity index (χ3v) is 6.88. The Hall–Kier alpha value is -3.69. The van der Waals surface area contributed by atoms with Crippen molar-refractivity contribution in [3.8, 4) is 11.5 Å². The highest BCUT2D eigenvalue weighted by atomic mass is 35.5. The number of nitro benzene ring substituents is 1. The number of nitrogens with zero attached hydrogens (tertiary/aromatic N) is 3. The summed E-state index contributed by atoms with van der Waals surface area (Å²) in [7, 11) is 3.08. The Kier molecular flexibility index (Phi) is 8.25. The first-order valence-corrected chi connectivity index (χ1v) is 12.1. The number of amides is 1. The maximum atomic E-state index is 13.7. The summed E-state index contributed by atoms with van der Waals surface area (Å²) in [6.45, 7) is 1.78. The van der Waals surface area contributed by atoms with Crippen LogP contribution in [-0.2, 0) is 6.54 Å². The van der Waals surface area contributed by atoms with Gasteiger partial charge in [-0.15, -0.1) is 0 Å². The molecule has 0 unspecified atom stereocenters. The molecule has 1 aliphatic heterocycles.